The molecule has 1 fully saturated rings. The molecule has 0 spiro atoms. The van der Waals surface area contributed by atoms with E-state index in [-0.39, 0.29) is 30.1 Å². The SMILES string of the molecule is COc1ccccc1NC(=O)CCN1C(=S)N[C@@H](c2ccccn2)[C@H]1c1ccc(-c2ccc([N+](=O)[O-])cc2)o1. The van der Waals surface area contributed by atoms with Crippen molar-refractivity contribution in [3.63, 3.8) is 0 Å². The van der Waals surface area contributed by atoms with Crippen molar-refractivity contribution in [2.75, 3.05) is 19.0 Å². The summed E-state index contributed by atoms with van der Waals surface area (Å²) >= 11 is 5.68. The number of amides is 1. The summed E-state index contributed by atoms with van der Waals surface area (Å²) in [6, 6.07) is 22.0. The number of nitrogens with zero attached hydrogens (tertiary/aromatic N) is 3. The zero-order chi connectivity index (χ0) is 27.4. The van der Waals surface area contributed by atoms with Gasteiger partial charge in [0, 0.05) is 36.9 Å². The number of non-ortho nitro benzene ring substituents is 1. The van der Waals surface area contributed by atoms with Gasteiger partial charge in [-0.25, -0.2) is 0 Å². The number of nitro groups is 1. The number of nitro benzene ring substituents is 1. The standard InChI is InChI=1S/C28H25N5O5S/c1-37-23-8-3-2-6-20(23)30-25(34)15-17-32-27(26(31-28(32)39)21-7-4-5-16-29-21)24-14-13-22(38-24)18-9-11-19(12-10-18)33(35)36/h2-14,16,26-27H,15,17H2,1H3,(H,30,34)(H,31,39)/t26-,27+/m0/s1. The molecule has 2 atom stereocenters. The van der Waals surface area contributed by atoms with Crippen molar-refractivity contribution in [2.24, 2.45) is 0 Å². The number of carbonyl (C=O) groups is 1. The molecule has 0 aliphatic carbocycles. The molecule has 0 saturated carbocycles. The summed E-state index contributed by atoms with van der Waals surface area (Å²) in [4.78, 5) is 29.9. The summed E-state index contributed by atoms with van der Waals surface area (Å²) in [5.41, 5.74) is 2.08. The average molecular weight is 544 g/mol. The molecular weight excluding hydrogens is 518 g/mol. The van der Waals surface area contributed by atoms with Gasteiger partial charge in [-0.2, -0.15) is 0 Å². The van der Waals surface area contributed by atoms with Crippen LogP contribution in [0.15, 0.2) is 89.5 Å². The van der Waals surface area contributed by atoms with Crippen LogP contribution in [0.5, 0.6) is 5.75 Å². The molecule has 1 saturated heterocycles. The number of thiocarbonyl (C=S) groups is 1. The maximum atomic E-state index is 12.9. The molecule has 2 N–H and O–H groups in total. The number of anilines is 1. The molecule has 5 rings (SSSR count). The third-order valence-electron chi connectivity index (χ3n) is 6.44. The number of nitrogens with one attached hydrogen (secondary N) is 2. The van der Waals surface area contributed by atoms with Crippen molar-refractivity contribution >= 4 is 34.6 Å². The van der Waals surface area contributed by atoms with Crippen LogP contribution in [0.2, 0.25) is 0 Å². The average Bonchev–Trinajstić information content (AvgIpc) is 3.57. The van der Waals surface area contributed by atoms with E-state index in [0.717, 1.165) is 5.69 Å². The predicted octanol–water partition coefficient (Wildman–Crippen LogP) is 5.26. The van der Waals surface area contributed by atoms with Crippen LogP contribution in [-0.4, -0.2) is 39.5 Å². The highest BCUT2D eigenvalue weighted by Crippen LogP contribution is 2.40. The monoisotopic (exact) mass is 543 g/mol. The van der Waals surface area contributed by atoms with Crippen LogP contribution in [-0.2, 0) is 4.79 Å². The number of furan rings is 1. The van der Waals surface area contributed by atoms with Crippen LogP contribution in [0.3, 0.4) is 0 Å². The summed E-state index contributed by atoms with van der Waals surface area (Å²) in [7, 11) is 1.55. The number of hydrogen-bond acceptors (Lipinski definition) is 7. The number of rotatable bonds is 9. The third kappa shape index (κ3) is 5.58. The lowest BCUT2D eigenvalue weighted by atomic mass is 10.0. The minimum absolute atomic E-state index is 0.00339. The van der Waals surface area contributed by atoms with Gasteiger partial charge in [0.15, 0.2) is 5.11 Å². The molecule has 1 amide bonds. The Morgan fingerprint density at radius 3 is 2.62 bits per heavy atom. The Morgan fingerprint density at radius 2 is 1.90 bits per heavy atom. The molecule has 0 unspecified atom stereocenters. The van der Waals surface area contributed by atoms with E-state index in [4.69, 9.17) is 21.4 Å². The van der Waals surface area contributed by atoms with Crippen molar-refractivity contribution in [1.29, 1.82) is 0 Å². The van der Waals surface area contributed by atoms with Gasteiger partial charge in [0.1, 0.15) is 23.3 Å². The summed E-state index contributed by atoms with van der Waals surface area (Å²) in [6.07, 6.45) is 1.88. The van der Waals surface area contributed by atoms with E-state index in [1.54, 1.807) is 37.6 Å². The Labute approximate surface area is 229 Å². The van der Waals surface area contributed by atoms with Gasteiger partial charge < -0.3 is 24.7 Å². The summed E-state index contributed by atoms with van der Waals surface area (Å²) in [5, 5.41) is 17.7. The molecule has 1 aliphatic heterocycles. The summed E-state index contributed by atoms with van der Waals surface area (Å²) in [6.45, 7) is 0.328. The maximum Gasteiger partial charge on any atom is 0.269 e. The van der Waals surface area contributed by atoms with Gasteiger partial charge in [-0.05, 0) is 60.7 Å². The van der Waals surface area contributed by atoms with Gasteiger partial charge in [0.05, 0.1) is 29.5 Å². The lowest BCUT2D eigenvalue weighted by Crippen LogP contribution is -2.32. The lowest BCUT2D eigenvalue weighted by molar-refractivity contribution is -0.384. The van der Waals surface area contributed by atoms with Crippen LogP contribution >= 0.6 is 12.2 Å². The van der Waals surface area contributed by atoms with Crippen LogP contribution in [0.1, 0.15) is 30.0 Å². The number of pyridine rings is 1. The molecule has 4 aromatic rings. The van der Waals surface area contributed by atoms with Gasteiger partial charge in [-0.3, -0.25) is 19.9 Å². The van der Waals surface area contributed by atoms with E-state index in [1.807, 2.05) is 47.4 Å². The first-order valence-electron chi connectivity index (χ1n) is 12.2. The molecule has 1 aliphatic rings. The zero-order valence-corrected chi connectivity index (χ0v) is 21.8. The van der Waals surface area contributed by atoms with Gasteiger partial charge in [-0.15, -0.1) is 0 Å². The van der Waals surface area contributed by atoms with E-state index < -0.39 is 4.92 Å². The molecule has 3 heterocycles. The lowest BCUT2D eigenvalue weighted by Gasteiger charge is -2.26. The number of aromatic nitrogens is 1. The molecule has 198 valence electrons. The van der Waals surface area contributed by atoms with Crippen molar-refractivity contribution < 1.29 is 18.9 Å². The fraction of sp³-hybridized carbons (Fsp3) is 0.179. The van der Waals surface area contributed by atoms with E-state index in [1.165, 1.54) is 12.1 Å². The number of hydrogen-bond donors (Lipinski definition) is 2. The highest BCUT2D eigenvalue weighted by Gasteiger charge is 2.41. The number of methoxy groups -OCH3 is 1. The highest BCUT2D eigenvalue weighted by molar-refractivity contribution is 7.80. The van der Waals surface area contributed by atoms with Gasteiger partial charge in [0.2, 0.25) is 5.91 Å². The minimum Gasteiger partial charge on any atom is -0.495 e. The van der Waals surface area contributed by atoms with Crippen molar-refractivity contribution in [2.45, 2.75) is 18.5 Å². The first kappa shape index (κ1) is 25.9. The van der Waals surface area contributed by atoms with Crippen LogP contribution < -0.4 is 15.4 Å². The molecule has 0 bridgehead atoms. The quantitative estimate of drug-likeness (QED) is 0.165. The topological polar surface area (TPSA) is 123 Å². The van der Waals surface area contributed by atoms with Gasteiger partial charge in [0.25, 0.3) is 5.69 Å². The summed E-state index contributed by atoms with van der Waals surface area (Å²) in [5.74, 6) is 1.57. The molecular formula is C28H25N5O5S. The number of carbonyl (C=O) groups excluding carboxylic acids is 1. The Bertz CT molecular complexity index is 1490. The van der Waals surface area contributed by atoms with Crippen molar-refractivity contribution in [1.82, 2.24) is 15.2 Å². The predicted molar refractivity (Wildman–Crippen MR) is 149 cm³/mol. The number of benzene rings is 2. The number of ether oxygens (including phenoxy) is 1. The Kier molecular flexibility index (Phi) is 7.50. The first-order valence-corrected chi connectivity index (χ1v) is 12.6. The van der Waals surface area contributed by atoms with Crippen LogP contribution in [0.4, 0.5) is 11.4 Å². The van der Waals surface area contributed by atoms with Gasteiger partial charge >= 0.3 is 0 Å². The molecule has 39 heavy (non-hydrogen) atoms. The van der Waals surface area contributed by atoms with Crippen LogP contribution in [0, 0.1) is 10.1 Å². The van der Waals surface area contributed by atoms with E-state index >= 15 is 0 Å². The Balaban J connectivity index is 1.39. The number of para-hydroxylation sites is 2. The van der Waals surface area contributed by atoms with E-state index in [9.17, 15) is 14.9 Å². The minimum atomic E-state index is -0.443. The van der Waals surface area contributed by atoms with Gasteiger partial charge in [-0.1, -0.05) is 18.2 Å². The summed E-state index contributed by atoms with van der Waals surface area (Å²) < 4.78 is 11.6. The molecule has 11 heteroatoms. The maximum absolute atomic E-state index is 12.9. The molecule has 2 aromatic heterocycles. The van der Waals surface area contributed by atoms with E-state index in [0.29, 0.717) is 40.2 Å². The van der Waals surface area contributed by atoms with Crippen molar-refractivity contribution in [3.8, 4) is 17.1 Å². The zero-order valence-electron chi connectivity index (χ0n) is 20.9. The second kappa shape index (κ2) is 11.3. The second-order valence-electron chi connectivity index (χ2n) is 8.82. The normalized spacial score (nSPS) is 16.5. The fourth-order valence-corrected chi connectivity index (χ4v) is 4.88. The molecule has 2 aromatic carbocycles. The Morgan fingerprint density at radius 1 is 1.13 bits per heavy atom. The Hall–Kier alpha value is -4.77. The first-order chi connectivity index (χ1) is 18.9. The smallest absolute Gasteiger partial charge is 0.269 e. The molecule has 0 radical (unpaired) electrons. The third-order valence-corrected chi connectivity index (χ3v) is 6.79. The fourth-order valence-electron chi connectivity index (χ4n) is 4.55. The van der Waals surface area contributed by atoms with E-state index in [2.05, 4.69) is 15.6 Å². The largest absolute Gasteiger partial charge is 0.495 e. The highest BCUT2D eigenvalue weighted by atomic mass is 32.1. The van der Waals surface area contributed by atoms with Crippen molar-refractivity contribution in [3.05, 3.63) is 107 Å². The van der Waals surface area contributed by atoms with Crippen LogP contribution in [0.25, 0.3) is 11.3 Å². The second-order valence-corrected chi connectivity index (χ2v) is 9.21. The molecule has 10 nitrogen and oxygen atoms in total.